The first-order valence-electron chi connectivity index (χ1n) is 6.00. The highest BCUT2D eigenvalue weighted by molar-refractivity contribution is 8.01. The van der Waals surface area contributed by atoms with Crippen LogP contribution in [0.1, 0.15) is 25.3 Å². The van der Waals surface area contributed by atoms with Gasteiger partial charge in [0.1, 0.15) is 11.0 Å². The fraction of sp³-hybridized carbons (Fsp3) is 0.727. The zero-order chi connectivity index (χ0) is 13.4. The highest BCUT2D eigenvalue weighted by Gasteiger charge is 2.19. The number of carbonyl (C=O) groups excluding carboxylic acids is 1. The molecule has 0 fully saturated rings. The van der Waals surface area contributed by atoms with Crippen LogP contribution in [0, 0.1) is 6.92 Å². The predicted octanol–water partition coefficient (Wildman–Crippen LogP) is 1.87. The molecule has 1 aromatic rings. The topological polar surface area (TPSA) is 64.1 Å². The molecule has 5 nitrogen and oxygen atoms in total. The van der Waals surface area contributed by atoms with Gasteiger partial charge < -0.3 is 10.1 Å². The van der Waals surface area contributed by atoms with Gasteiger partial charge in [-0.25, -0.2) is 0 Å². The summed E-state index contributed by atoms with van der Waals surface area (Å²) in [6.45, 7) is 7.01. The Bertz CT molecular complexity index is 371. The molecule has 0 spiro atoms. The van der Waals surface area contributed by atoms with Crippen LogP contribution in [0.2, 0.25) is 0 Å². The number of aromatic nitrogens is 2. The first-order chi connectivity index (χ1) is 8.67. The number of thioether (sulfide) groups is 1. The third kappa shape index (κ3) is 5.32. The van der Waals surface area contributed by atoms with E-state index >= 15 is 0 Å². The lowest BCUT2D eigenvalue weighted by Crippen LogP contribution is -2.40. The van der Waals surface area contributed by atoms with Crippen LogP contribution >= 0.6 is 23.1 Å². The molecule has 0 aliphatic rings. The van der Waals surface area contributed by atoms with Crippen LogP contribution in [0.15, 0.2) is 4.34 Å². The Hall–Kier alpha value is -0.660. The van der Waals surface area contributed by atoms with E-state index in [1.807, 2.05) is 13.8 Å². The van der Waals surface area contributed by atoms with Gasteiger partial charge in [-0.15, -0.1) is 10.2 Å². The lowest BCUT2D eigenvalue weighted by Gasteiger charge is -2.15. The van der Waals surface area contributed by atoms with Crippen molar-refractivity contribution in [2.75, 3.05) is 18.9 Å². The van der Waals surface area contributed by atoms with Gasteiger partial charge in [-0.3, -0.25) is 4.79 Å². The number of nitrogens with zero attached hydrogens (tertiary/aromatic N) is 2. The Labute approximate surface area is 116 Å². The number of hydrogen-bond donors (Lipinski definition) is 1. The molecule has 18 heavy (non-hydrogen) atoms. The Morgan fingerprint density at radius 3 is 2.83 bits per heavy atom. The summed E-state index contributed by atoms with van der Waals surface area (Å²) in [5, 5.41) is 12.1. The summed E-state index contributed by atoms with van der Waals surface area (Å²) in [4.78, 5) is 11.7. The van der Waals surface area contributed by atoms with Crippen LogP contribution in [0.25, 0.3) is 0 Å². The highest BCUT2D eigenvalue weighted by Crippen LogP contribution is 2.22. The highest BCUT2D eigenvalue weighted by atomic mass is 32.2. The lowest BCUT2D eigenvalue weighted by atomic mass is 10.3. The zero-order valence-corrected chi connectivity index (χ0v) is 12.6. The number of hydrogen-bond acceptors (Lipinski definition) is 7. The first kappa shape index (κ1) is 15.4. The molecular weight excluding hydrogens is 270 g/mol. The number of carbonyl (C=O) groups is 1. The molecule has 1 atom stereocenters. The van der Waals surface area contributed by atoms with Crippen molar-refractivity contribution >= 4 is 29.1 Å². The van der Waals surface area contributed by atoms with Crippen LogP contribution in [0.4, 0.5) is 0 Å². The van der Waals surface area contributed by atoms with E-state index < -0.39 is 0 Å². The summed E-state index contributed by atoms with van der Waals surface area (Å²) in [5.41, 5.74) is 0. The number of esters is 1. The summed E-state index contributed by atoms with van der Waals surface area (Å²) in [6, 6.07) is -0.279. The maximum atomic E-state index is 11.7. The van der Waals surface area contributed by atoms with E-state index in [-0.39, 0.29) is 12.0 Å². The summed E-state index contributed by atoms with van der Waals surface area (Å²) in [7, 11) is 0. The van der Waals surface area contributed by atoms with Gasteiger partial charge in [-0.2, -0.15) is 0 Å². The van der Waals surface area contributed by atoms with Crippen molar-refractivity contribution in [1.29, 1.82) is 0 Å². The van der Waals surface area contributed by atoms with Gasteiger partial charge >= 0.3 is 5.97 Å². The van der Waals surface area contributed by atoms with E-state index in [1.54, 1.807) is 0 Å². The van der Waals surface area contributed by atoms with Gasteiger partial charge in [0, 0.05) is 5.75 Å². The number of rotatable bonds is 8. The summed E-state index contributed by atoms with van der Waals surface area (Å²) in [6.07, 6.45) is 0.985. The van der Waals surface area contributed by atoms with Crippen molar-refractivity contribution in [2.45, 2.75) is 37.6 Å². The standard InChI is InChI=1S/C11H19N3O2S2/c1-4-6-12-9(10(15)16-5-2)7-17-11-14-13-8(3)18-11/h9,12H,4-7H2,1-3H3. The Morgan fingerprint density at radius 2 is 2.28 bits per heavy atom. The molecule has 0 amide bonds. The largest absolute Gasteiger partial charge is 0.465 e. The first-order valence-corrected chi connectivity index (χ1v) is 7.80. The normalized spacial score (nSPS) is 12.4. The molecule has 1 heterocycles. The van der Waals surface area contributed by atoms with Gasteiger partial charge in [-0.05, 0) is 26.8 Å². The molecule has 7 heteroatoms. The van der Waals surface area contributed by atoms with Crippen molar-refractivity contribution in [1.82, 2.24) is 15.5 Å². The number of aryl methyl sites for hydroxylation is 1. The van der Waals surface area contributed by atoms with Crippen molar-refractivity contribution in [3.05, 3.63) is 5.01 Å². The van der Waals surface area contributed by atoms with E-state index in [0.717, 1.165) is 22.3 Å². The molecule has 0 saturated heterocycles. The van der Waals surface area contributed by atoms with Gasteiger partial charge in [0.15, 0.2) is 4.34 Å². The minimum atomic E-state index is -0.279. The molecule has 0 aromatic carbocycles. The van der Waals surface area contributed by atoms with Gasteiger partial charge in [0.05, 0.1) is 6.61 Å². The Balaban J connectivity index is 2.46. The minimum absolute atomic E-state index is 0.195. The molecule has 0 radical (unpaired) electrons. The number of ether oxygens (including phenoxy) is 1. The van der Waals surface area contributed by atoms with Crippen molar-refractivity contribution in [3.63, 3.8) is 0 Å². The lowest BCUT2D eigenvalue weighted by molar-refractivity contribution is -0.144. The van der Waals surface area contributed by atoms with Gasteiger partial charge in [-0.1, -0.05) is 30.0 Å². The second-order valence-electron chi connectivity index (χ2n) is 3.66. The monoisotopic (exact) mass is 289 g/mol. The van der Waals surface area contributed by atoms with Crippen molar-refractivity contribution < 1.29 is 9.53 Å². The van der Waals surface area contributed by atoms with Crippen LogP contribution < -0.4 is 5.32 Å². The summed E-state index contributed by atoms with van der Waals surface area (Å²) in [5.74, 6) is 0.424. The third-order valence-corrected chi connectivity index (χ3v) is 4.16. The third-order valence-electron chi connectivity index (χ3n) is 2.09. The van der Waals surface area contributed by atoms with Gasteiger partial charge in [0.2, 0.25) is 0 Å². The van der Waals surface area contributed by atoms with E-state index in [1.165, 1.54) is 23.1 Å². The molecular formula is C11H19N3O2S2. The SMILES string of the molecule is CCCNC(CSc1nnc(C)s1)C(=O)OCC. The van der Waals surface area contributed by atoms with Crippen LogP contribution in [-0.2, 0) is 9.53 Å². The van der Waals surface area contributed by atoms with E-state index in [2.05, 4.69) is 22.4 Å². The second-order valence-corrected chi connectivity index (χ2v) is 6.11. The summed E-state index contributed by atoms with van der Waals surface area (Å²) < 4.78 is 5.94. The average Bonchev–Trinajstić information content (AvgIpc) is 2.75. The molecule has 0 bridgehead atoms. The molecule has 102 valence electrons. The number of nitrogens with one attached hydrogen (secondary N) is 1. The maximum absolute atomic E-state index is 11.7. The van der Waals surface area contributed by atoms with Gasteiger partial charge in [0.25, 0.3) is 0 Å². The minimum Gasteiger partial charge on any atom is -0.465 e. The molecule has 1 N–H and O–H groups in total. The predicted molar refractivity (Wildman–Crippen MR) is 74.1 cm³/mol. The van der Waals surface area contributed by atoms with Crippen molar-refractivity contribution in [3.8, 4) is 0 Å². The molecule has 1 rings (SSSR count). The molecule has 0 aliphatic heterocycles. The van der Waals surface area contributed by atoms with Crippen LogP contribution in [0.5, 0.6) is 0 Å². The zero-order valence-electron chi connectivity index (χ0n) is 10.9. The maximum Gasteiger partial charge on any atom is 0.323 e. The van der Waals surface area contributed by atoms with E-state index in [4.69, 9.17) is 4.74 Å². The smallest absolute Gasteiger partial charge is 0.323 e. The Kier molecular flexibility index (Phi) is 7.22. The van der Waals surface area contributed by atoms with Crippen LogP contribution in [-0.4, -0.2) is 41.1 Å². The van der Waals surface area contributed by atoms with Crippen LogP contribution in [0.3, 0.4) is 0 Å². The van der Waals surface area contributed by atoms with Crippen molar-refractivity contribution in [2.24, 2.45) is 0 Å². The second kappa shape index (κ2) is 8.44. The molecule has 0 aliphatic carbocycles. The molecule has 1 aromatic heterocycles. The fourth-order valence-electron chi connectivity index (χ4n) is 1.26. The fourth-order valence-corrected chi connectivity index (χ4v) is 3.14. The van der Waals surface area contributed by atoms with E-state index in [0.29, 0.717) is 12.4 Å². The summed E-state index contributed by atoms with van der Waals surface area (Å²) >= 11 is 3.08. The average molecular weight is 289 g/mol. The molecule has 0 saturated carbocycles. The Morgan fingerprint density at radius 1 is 1.50 bits per heavy atom. The quantitative estimate of drug-likeness (QED) is 0.582. The molecule has 1 unspecified atom stereocenters. The van der Waals surface area contributed by atoms with E-state index in [9.17, 15) is 4.79 Å².